The second-order valence-electron chi connectivity index (χ2n) is 1.71. The normalized spacial score (nSPS) is 12.2. The lowest BCUT2D eigenvalue weighted by molar-refractivity contribution is -0.143. The summed E-state index contributed by atoms with van der Waals surface area (Å²) in [7, 11) is 0. The summed E-state index contributed by atoms with van der Waals surface area (Å²) in [5.41, 5.74) is 5.27. The van der Waals surface area contributed by atoms with E-state index < -0.39 is 12.0 Å². The zero-order chi connectivity index (χ0) is 7.98. The molecular weight excluding hydrogens is 150 g/mol. The zero-order valence-corrected chi connectivity index (χ0v) is 6.51. The zero-order valence-electron chi connectivity index (χ0n) is 5.62. The summed E-state index contributed by atoms with van der Waals surface area (Å²) in [6, 6.07) is -0.622. The van der Waals surface area contributed by atoms with Crippen LogP contribution >= 0.6 is 12.6 Å². The number of rotatable bonds is 4. The second-order valence-corrected chi connectivity index (χ2v) is 2.07. The molecule has 0 aromatic rings. The van der Waals surface area contributed by atoms with Gasteiger partial charge in [0.05, 0.1) is 0 Å². The van der Waals surface area contributed by atoms with Crippen molar-refractivity contribution in [1.29, 1.82) is 0 Å². The maximum absolute atomic E-state index is 10.7. The Hall–Kier alpha value is -0.480. The molecule has 0 aromatic carbocycles. The van der Waals surface area contributed by atoms with Crippen LogP contribution in [-0.2, 0) is 9.53 Å². The van der Waals surface area contributed by atoms with E-state index in [0.717, 1.165) is 0 Å². The van der Waals surface area contributed by atoms with E-state index in [2.05, 4.69) is 23.9 Å². The fraction of sp³-hybridized carbons (Fsp3) is 0.500. The van der Waals surface area contributed by atoms with E-state index >= 15 is 0 Å². The van der Waals surface area contributed by atoms with Crippen LogP contribution in [0.4, 0.5) is 0 Å². The maximum Gasteiger partial charge on any atom is 0.324 e. The Bertz CT molecular complexity index is 127. The molecule has 0 amide bonds. The van der Waals surface area contributed by atoms with Crippen LogP contribution in [0.3, 0.4) is 0 Å². The smallest absolute Gasteiger partial charge is 0.324 e. The molecule has 0 fully saturated rings. The largest absolute Gasteiger partial charge is 0.460 e. The summed E-state index contributed by atoms with van der Waals surface area (Å²) in [4.78, 5) is 10.7. The van der Waals surface area contributed by atoms with Crippen molar-refractivity contribution in [3.63, 3.8) is 0 Å². The Kier molecular flexibility index (Phi) is 5.06. The number of ether oxygens (including phenoxy) is 1. The van der Waals surface area contributed by atoms with Crippen molar-refractivity contribution in [2.24, 2.45) is 5.73 Å². The first kappa shape index (κ1) is 9.52. The Morgan fingerprint density at radius 3 is 2.90 bits per heavy atom. The van der Waals surface area contributed by atoms with Gasteiger partial charge in [0, 0.05) is 5.75 Å². The van der Waals surface area contributed by atoms with E-state index in [1.807, 2.05) is 0 Å². The van der Waals surface area contributed by atoms with E-state index in [-0.39, 0.29) is 6.61 Å². The van der Waals surface area contributed by atoms with Crippen molar-refractivity contribution in [3.05, 3.63) is 12.7 Å². The van der Waals surface area contributed by atoms with Crippen LogP contribution in [0, 0.1) is 0 Å². The molecule has 10 heavy (non-hydrogen) atoms. The first-order valence-electron chi connectivity index (χ1n) is 2.86. The van der Waals surface area contributed by atoms with E-state index in [1.54, 1.807) is 0 Å². The Morgan fingerprint density at radius 2 is 2.50 bits per heavy atom. The van der Waals surface area contributed by atoms with Crippen LogP contribution in [0.15, 0.2) is 12.7 Å². The molecule has 2 N–H and O–H groups in total. The van der Waals surface area contributed by atoms with Crippen molar-refractivity contribution in [2.45, 2.75) is 6.04 Å². The summed E-state index contributed by atoms with van der Waals surface area (Å²) in [5.74, 6) is -0.134. The summed E-state index contributed by atoms with van der Waals surface area (Å²) in [6.45, 7) is 3.59. The number of nitrogens with two attached hydrogens (primary N) is 1. The third-order valence-corrected chi connectivity index (χ3v) is 1.24. The molecule has 58 valence electrons. The summed E-state index contributed by atoms with van der Waals surface area (Å²) >= 11 is 3.83. The standard InChI is InChI=1S/C6H11NO2S/c1-2-3-9-6(8)5(7)4-10/h2,5,10H,1,3-4,7H2. The number of hydrogen-bond acceptors (Lipinski definition) is 4. The van der Waals surface area contributed by atoms with Gasteiger partial charge >= 0.3 is 5.97 Å². The van der Waals surface area contributed by atoms with Gasteiger partial charge < -0.3 is 10.5 Å². The van der Waals surface area contributed by atoms with Crippen molar-refractivity contribution < 1.29 is 9.53 Å². The van der Waals surface area contributed by atoms with Gasteiger partial charge in [-0.1, -0.05) is 12.7 Å². The van der Waals surface area contributed by atoms with Gasteiger partial charge in [0.25, 0.3) is 0 Å². The van der Waals surface area contributed by atoms with Crippen molar-refractivity contribution in [1.82, 2.24) is 0 Å². The first-order chi connectivity index (χ1) is 4.72. The fourth-order valence-electron chi connectivity index (χ4n) is 0.323. The Morgan fingerprint density at radius 1 is 1.90 bits per heavy atom. The van der Waals surface area contributed by atoms with E-state index in [4.69, 9.17) is 5.73 Å². The molecule has 1 atom stereocenters. The van der Waals surface area contributed by atoms with Crippen LogP contribution in [-0.4, -0.2) is 24.4 Å². The second kappa shape index (κ2) is 5.32. The number of carbonyl (C=O) groups is 1. The third-order valence-electron chi connectivity index (χ3n) is 0.843. The van der Waals surface area contributed by atoms with Crippen LogP contribution in [0.2, 0.25) is 0 Å². The molecule has 0 radical (unpaired) electrons. The average molecular weight is 161 g/mol. The fourth-order valence-corrected chi connectivity index (χ4v) is 0.472. The van der Waals surface area contributed by atoms with E-state index in [0.29, 0.717) is 5.75 Å². The molecule has 0 aromatic heterocycles. The first-order valence-corrected chi connectivity index (χ1v) is 3.49. The molecule has 0 bridgehead atoms. The molecule has 0 saturated heterocycles. The van der Waals surface area contributed by atoms with Gasteiger partial charge in [-0.15, -0.1) is 0 Å². The van der Waals surface area contributed by atoms with Gasteiger partial charge in [0.1, 0.15) is 12.6 Å². The quantitative estimate of drug-likeness (QED) is 0.346. The lowest BCUT2D eigenvalue weighted by atomic mass is 10.4. The molecular formula is C6H11NO2S. The predicted molar refractivity (Wildman–Crippen MR) is 43.0 cm³/mol. The highest BCUT2D eigenvalue weighted by Gasteiger charge is 2.10. The average Bonchev–Trinajstić information content (AvgIpc) is 1.98. The van der Waals surface area contributed by atoms with Gasteiger partial charge in [-0.2, -0.15) is 12.6 Å². The molecule has 0 saturated carbocycles. The SMILES string of the molecule is C=CCOC(=O)C(N)CS. The molecule has 3 nitrogen and oxygen atoms in total. The lowest BCUT2D eigenvalue weighted by Crippen LogP contribution is -2.33. The highest BCUT2D eigenvalue weighted by atomic mass is 32.1. The highest BCUT2D eigenvalue weighted by Crippen LogP contribution is 1.88. The van der Waals surface area contributed by atoms with Crippen LogP contribution in [0.1, 0.15) is 0 Å². The minimum absolute atomic E-state index is 0.209. The van der Waals surface area contributed by atoms with E-state index in [9.17, 15) is 4.79 Å². The van der Waals surface area contributed by atoms with Crippen LogP contribution in [0.5, 0.6) is 0 Å². The molecule has 0 heterocycles. The number of esters is 1. The minimum atomic E-state index is -0.622. The van der Waals surface area contributed by atoms with Crippen molar-refractivity contribution in [3.8, 4) is 0 Å². The predicted octanol–water partition coefficient (Wildman–Crippen LogP) is -0.0273. The lowest BCUT2D eigenvalue weighted by Gasteiger charge is -2.05. The van der Waals surface area contributed by atoms with Crippen molar-refractivity contribution >= 4 is 18.6 Å². The summed E-state index contributed by atoms with van der Waals surface area (Å²) in [6.07, 6.45) is 1.49. The van der Waals surface area contributed by atoms with Gasteiger partial charge in [0.2, 0.25) is 0 Å². The van der Waals surface area contributed by atoms with Gasteiger partial charge in [-0.05, 0) is 0 Å². The van der Waals surface area contributed by atoms with Gasteiger partial charge in [-0.25, -0.2) is 0 Å². The van der Waals surface area contributed by atoms with Gasteiger partial charge in [0.15, 0.2) is 0 Å². The van der Waals surface area contributed by atoms with Crippen LogP contribution < -0.4 is 5.73 Å². The third kappa shape index (κ3) is 3.53. The van der Waals surface area contributed by atoms with Gasteiger partial charge in [-0.3, -0.25) is 4.79 Å². The molecule has 1 unspecified atom stereocenters. The molecule has 4 heteroatoms. The Balaban J connectivity index is 3.51. The molecule has 0 aliphatic heterocycles. The monoisotopic (exact) mass is 161 g/mol. The number of hydrogen-bond donors (Lipinski definition) is 2. The molecule has 0 aliphatic rings. The van der Waals surface area contributed by atoms with Crippen molar-refractivity contribution in [2.75, 3.05) is 12.4 Å². The Labute approximate surface area is 65.6 Å². The minimum Gasteiger partial charge on any atom is -0.460 e. The van der Waals surface area contributed by atoms with Crippen LogP contribution in [0.25, 0.3) is 0 Å². The topological polar surface area (TPSA) is 52.3 Å². The number of carbonyl (C=O) groups excluding carboxylic acids is 1. The number of thiol groups is 1. The highest BCUT2D eigenvalue weighted by molar-refractivity contribution is 7.80. The molecule has 0 spiro atoms. The molecule has 0 rings (SSSR count). The summed E-state index contributed by atoms with van der Waals surface area (Å²) in [5, 5.41) is 0. The summed E-state index contributed by atoms with van der Waals surface area (Å²) < 4.78 is 4.61. The molecule has 0 aliphatic carbocycles. The maximum atomic E-state index is 10.7. The van der Waals surface area contributed by atoms with E-state index in [1.165, 1.54) is 6.08 Å².